The van der Waals surface area contributed by atoms with Crippen molar-refractivity contribution >= 4 is 39.0 Å². The molecule has 1 aromatic rings. The summed E-state index contributed by atoms with van der Waals surface area (Å²) in [6.07, 6.45) is 2.76. The zero-order valence-electron chi connectivity index (χ0n) is 6.75. The van der Waals surface area contributed by atoms with Gasteiger partial charge in [0, 0.05) is 5.75 Å². The second-order valence-electron chi connectivity index (χ2n) is 3.06. The van der Waals surface area contributed by atoms with Gasteiger partial charge in [0.15, 0.2) is 0 Å². The third-order valence-electron chi connectivity index (χ3n) is 2.25. The molecule has 12 heavy (non-hydrogen) atoms. The van der Waals surface area contributed by atoms with Crippen LogP contribution in [-0.4, -0.2) is 11.5 Å². The molecule has 0 spiro atoms. The molecule has 1 aromatic heterocycles. The van der Waals surface area contributed by atoms with E-state index in [0.29, 0.717) is 0 Å². The van der Waals surface area contributed by atoms with E-state index in [-0.39, 0.29) is 0 Å². The first-order valence-electron chi connectivity index (χ1n) is 4.18. The van der Waals surface area contributed by atoms with Gasteiger partial charge in [0.05, 0.1) is 3.79 Å². The van der Waals surface area contributed by atoms with Crippen molar-refractivity contribution in [3.8, 4) is 0 Å². The molecular weight excluding hydrogens is 252 g/mol. The van der Waals surface area contributed by atoms with Crippen LogP contribution in [0.2, 0.25) is 0 Å². The Balaban J connectivity index is 2.13. The van der Waals surface area contributed by atoms with Crippen LogP contribution in [0.3, 0.4) is 0 Å². The summed E-state index contributed by atoms with van der Waals surface area (Å²) in [5.74, 6) is 3.48. The van der Waals surface area contributed by atoms with Crippen LogP contribution in [-0.2, 0) is 0 Å². The lowest BCUT2D eigenvalue weighted by Crippen LogP contribution is -2.07. The maximum absolute atomic E-state index is 3.61. The zero-order valence-corrected chi connectivity index (χ0v) is 9.97. The summed E-state index contributed by atoms with van der Waals surface area (Å²) in [6, 6.07) is 2.27. The topological polar surface area (TPSA) is 0 Å². The van der Waals surface area contributed by atoms with E-state index in [1.165, 1.54) is 33.7 Å². The van der Waals surface area contributed by atoms with Crippen LogP contribution in [0.15, 0.2) is 15.2 Å². The van der Waals surface area contributed by atoms with Crippen LogP contribution in [0.4, 0.5) is 0 Å². The Morgan fingerprint density at radius 2 is 2.42 bits per heavy atom. The fourth-order valence-corrected chi connectivity index (χ4v) is 4.24. The predicted molar refractivity (Wildman–Crippen MR) is 61.3 cm³/mol. The van der Waals surface area contributed by atoms with E-state index in [4.69, 9.17) is 0 Å². The van der Waals surface area contributed by atoms with Crippen molar-refractivity contribution in [2.45, 2.75) is 18.8 Å². The van der Waals surface area contributed by atoms with Gasteiger partial charge >= 0.3 is 0 Å². The highest BCUT2D eigenvalue weighted by molar-refractivity contribution is 9.11. The van der Waals surface area contributed by atoms with Crippen molar-refractivity contribution in [3.05, 3.63) is 20.8 Å². The van der Waals surface area contributed by atoms with Gasteiger partial charge in [-0.3, -0.25) is 0 Å². The number of hydrogen-bond acceptors (Lipinski definition) is 2. The summed E-state index contributed by atoms with van der Waals surface area (Å²) in [7, 11) is 0. The highest BCUT2D eigenvalue weighted by atomic mass is 79.9. The average Bonchev–Trinajstić information content (AvgIpc) is 2.53. The van der Waals surface area contributed by atoms with E-state index in [1.807, 2.05) is 0 Å². The quantitative estimate of drug-likeness (QED) is 0.734. The molecule has 0 amide bonds. The lowest BCUT2D eigenvalue weighted by atomic mass is 9.99. The van der Waals surface area contributed by atoms with Gasteiger partial charge < -0.3 is 0 Å². The molecule has 2 heterocycles. The lowest BCUT2D eigenvalue weighted by Gasteiger charge is -2.20. The number of halogens is 1. The number of thioether (sulfide) groups is 1. The summed E-state index contributed by atoms with van der Waals surface area (Å²) >= 11 is 7.51. The van der Waals surface area contributed by atoms with Crippen molar-refractivity contribution in [1.82, 2.24) is 0 Å². The van der Waals surface area contributed by atoms with E-state index >= 15 is 0 Å². The average molecular weight is 263 g/mol. The normalized spacial score (nSPS) is 24.2. The Kier molecular flexibility index (Phi) is 3.15. The van der Waals surface area contributed by atoms with Crippen molar-refractivity contribution < 1.29 is 0 Å². The van der Waals surface area contributed by atoms with Gasteiger partial charge in [-0.1, -0.05) is 0 Å². The highest BCUT2D eigenvalue weighted by Crippen LogP contribution is 2.37. The first-order chi connectivity index (χ1) is 5.88. The molecule has 1 aliphatic rings. The molecule has 0 N–H and O–H groups in total. The van der Waals surface area contributed by atoms with Gasteiger partial charge in [-0.25, -0.2) is 0 Å². The monoisotopic (exact) mass is 262 g/mol. The summed E-state index contributed by atoms with van der Waals surface area (Å²) in [5, 5.41) is 2.18. The van der Waals surface area contributed by atoms with Crippen LogP contribution in [0.5, 0.6) is 0 Å². The molecule has 0 aromatic carbocycles. The molecule has 1 fully saturated rings. The SMILES string of the molecule is Brc1sccc1C1CCCSC1. The van der Waals surface area contributed by atoms with Gasteiger partial charge in [0.2, 0.25) is 0 Å². The third-order valence-corrected chi connectivity index (χ3v) is 5.19. The number of thiophene rings is 1. The Morgan fingerprint density at radius 1 is 1.50 bits per heavy atom. The molecule has 0 bridgehead atoms. The van der Waals surface area contributed by atoms with E-state index in [9.17, 15) is 0 Å². The Bertz CT molecular complexity index is 251. The Labute approximate surface area is 89.9 Å². The van der Waals surface area contributed by atoms with Crippen molar-refractivity contribution in [2.24, 2.45) is 0 Å². The maximum atomic E-state index is 3.61. The van der Waals surface area contributed by atoms with E-state index in [2.05, 4.69) is 39.1 Å². The Hall–Kier alpha value is 0.530. The molecule has 1 saturated heterocycles. The molecule has 66 valence electrons. The molecule has 1 unspecified atom stereocenters. The van der Waals surface area contributed by atoms with Crippen LogP contribution in [0.1, 0.15) is 24.3 Å². The fraction of sp³-hybridized carbons (Fsp3) is 0.556. The number of rotatable bonds is 1. The van der Waals surface area contributed by atoms with Crippen molar-refractivity contribution in [2.75, 3.05) is 11.5 Å². The molecule has 0 radical (unpaired) electrons. The second kappa shape index (κ2) is 4.16. The molecule has 0 saturated carbocycles. The summed E-state index contributed by atoms with van der Waals surface area (Å²) in [6.45, 7) is 0. The van der Waals surface area contributed by atoms with Crippen LogP contribution >= 0.6 is 39.0 Å². The molecule has 3 heteroatoms. The molecule has 1 aliphatic heterocycles. The standard InChI is InChI=1S/C9H11BrS2/c10-9-8(3-5-12-9)7-2-1-4-11-6-7/h3,5,7H,1-2,4,6H2. The molecule has 1 atom stereocenters. The third kappa shape index (κ3) is 1.88. The predicted octanol–water partition coefficient (Wildman–Crippen LogP) is 4.12. The molecule has 2 rings (SSSR count). The largest absolute Gasteiger partial charge is 0.161 e. The van der Waals surface area contributed by atoms with Crippen LogP contribution in [0, 0.1) is 0 Å². The van der Waals surface area contributed by atoms with E-state index < -0.39 is 0 Å². The van der Waals surface area contributed by atoms with Crippen LogP contribution in [0.25, 0.3) is 0 Å². The first-order valence-corrected chi connectivity index (χ1v) is 7.01. The minimum absolute atomic E-state index is 0.810. The van der Waals surface area contributed by atoms with Gasteiger partial charge in [0.25, 0.3) is 0 Å². The Morgan fingerprint density at radius 3 is 3.00 bits per heavy atom. The maximum Gasteiger partial charge on any atom is 0.0733 e. The molecular formula is C9H11BrS2. The van der Waals surface area contributed by atoms with Crippen molar-refractivity contribution in [3.63, 3.8) is 0 Å². The smallest absolute Gasteiger partial charge is 0.0733 e. The minimum Gasteiger partial charge on any atom is -0.161 e. The highest BCUT2D eigenvalue weighted by Gasteiger charge is 2.18. The summed E-state index contributed by atoms with van der Waals surface area (Å²) in [5.41, 5.74) is 1.53. The molecule has 0 nitrogen and oxygen atoms in total. The van der Waals surface area contributed by atoms with E-state index in [1.54, 1.807) is 11.3 Å². The van der Waals surface area contributed by atoms with Gasteiger partial charge in [-0.15, -0.1) is 11.3 Å². The fourth-order valence-electron chi connectivity index (χ4n) is 1.58. The lowest BCUT2D eigenvalue weighted by molar-refractivity contribution is 0.660. The van der Waals surface area contributed by atoms with E-state index in [0.717, 1.165) is 5.92 Å². The van der Waals surface area contributed by atoms with Gasteiger partial charge in [0.1, 0.15) is 0 Å². The molecule has 0 aliphatic carbocycles. The zero-order chi connectivity index (χ0) is 8.39. The number of hydrogen-bond donors (Lipinski definition) is 0. The first kappa shape index (κ1) is 9.10. The van der Waals surface area contributed by atoms with Crippen molar-refractivity contribution in [1.29, 1.82) is 0 Å². The van der Waals surface area contributed by atoms with Gasteiger partial charge in [-0.05, 0) is 57.5 Å². The summed E-state index contributed by atoms with van der Waals surface area (Å²) in [4.78, 5) is 0. The van der Waals surface area contributed by atoms with Gasteiger partial charge in [-0.2, -0.15) is 11.8 Å². The summed E-state index contributed by atoms with van der Waals surface area (Å²) < 4.78 is 1.34. The minimum atomic E-state index is 0.810. The van der Waals surface area contributed by atoms with Crippen LogP contribution < -0.4 is 0 Å². The second-order valence-corrected chi connectivity index (χ2v) is 6.45.